The van der Waals surface area contributed by atoms with Crippen LogP contribution >= 0.6 is 0 Å². The number of ether oxygens (including phenoxy) is 2. The van der Waals surface area contributed by atoms with E-state index >= 15 is 0 Å². The van der Waals surface area contributed by atoms with Crippen LogP contribution in [0.1, 0.15) is 5.56 Å². The first-order valence-corrected chi connectivity index (χ1v) is 8.47. The molecule has 0 aliphatic heterocycles. The summed E-state index contributed by atoms with van der Waals surface area (Å²) in [7, 11) is -1.52. The molecule has 0 spiro atoms. The third-order valence-corrected chi connectivity index (χ3v) is 4.44. The van der Waals surface area contributed by atoms with Crippen LogP contribution < -0.4 is 14.2 Å². The lowest BCUT2D eigenvalue weighted by Crippen LogP contribution is -2.16. The Morgan fingerprint density at radius 2 is 1.96 bits per heavy atom. The Kier molecular flexibility index (Phi) is 4.17. The van der Waals surface area contributed by atoms with E-state index in [0.29, 0.717) is 11.4 Å². The van der Waals surface area contributed by atoms with Gasteiger partial charge < -0.3 is 9.47 Å². The first-order valence-electron chi connectivity index (χ1n) is 6.99. The summed E-state index contributed by atoms with van der Waals surface area (Å²) in [5.41, 5.74) is 0.318. The molecular formula is C14H14FN5O4S. The molecule has 0 amide bonds. The van der Waals surface area contributed by atoms with Gasteiger partial charge in [-0.2, -0.15) is 18.4 Å². The van der Waals surface area contributed by atoms with Crippen molar-refractivity contribution < 1.29 is 22.3 Å². The van der Waals surface area contributed by atoms with Gasteiger partial charge >= 0.3 is 0 Å². The third-order valence-electron chi connectivity index (χ3n) is 3.31. The quantitative estimate of drug-likeness (QED) is 0.726. The first-order chi connectivity index (χ1) is 11.9. The molecule has 0 saturated heterocycles. The van der Waals surface area contributed by atoms with Crippen molar-refractivity contribution in [2.45, 2.75) is 12.1 Å². The summed E-state index contributed by atoms with van der Waals surface area (Å²) in [5.74, 6) is -0.429. The highest BCUT2D eigenvalue weighted by molar-refractivity contribution is 7.92. The van der Waals surface area contributed by atoms with Gasteiger partial charge in [-0.1, -0.05) is 6.07 Å². The molecule has 3 rings (SSSR count). The van der Waals surface area contributed by atoms with E-state index < -0.39 is 21.0 Å². The third kappa shape index (κ3) is 3.05. The van der Waals surface area contributed by atoms with Crippen LogP contribution in [-0.2, 0) is 10.0 Å². The molecule has 0 fully saturated rings. The molecule has 11 heteroatoms. The SMILES string of the molecule is COc1cccc(F)c1NS(=O)(=O)c1nc2nc(OC)c(C)cn2n1. The fourth-order valence-corrected chi connectivity index (χ4v) is 3.11. The zero-order valence-electron chi connectivity index (χ0n) is 13.5. The predicted octanol–water partition coefficient (Wildman–Crippen LogP) is 1.39. The Labute approximate surface area is 142 Å². The Morgan fingerprint density at radius 3 is 2.64 bits per heavy atom. The van der Waals surface area contributed by atoms with E-state index in [1.807, 2.05) is 0 Å². The van der Waals surface area contributed by atoms with E-state index in [9.17, 15) is 12.8 Å². The summed E-state index contributed by atoms with van der Waals surface area (Å²) in [6, 6.07) is 3.93. The lowest BCUT2D eigenvalue weighted by atomic mass is 10.3. The average Bonchev–Trinajstić information content (AvgIpc) is 2.99. The normalized spacial score (nSPS) is 11.5. The molecule has 0 aliphatic rings. The summed E-state index contributed by atoms with van der Waals surface area (Å²) < 4.78 is 52.3. The number of aryl methyl sites for hydroxylation is 1. The maximum atomic E-state index is 14.0. The van der Waals surface area contributed by atoms with Gasteiger partial charge in [0.2, 0.25) is 5.88 Å². The summed E-state index contributed by atoms with van der Waals surface area (Å²) in [6.07, 6.45) is 1.52. The number of fused-ring (bicyclic) bond motifs is 1. The van der Waals surface area contributed by atoms with Gasteiger partial charge in [0.15, 0.2) is 5.82 Å². The molecule has 1 N–H and O–H groups in total. The Hall–Kier alpha value is -2.95. The summed E-state index contributed by atoms with van der Waals surface area (Å²) in [4.78, 5) is 7.92. The molecule has 2 heterocycles. The van der Waals surface area contributed by atoms with Gasteiger partial charge in [0, 0.05) is 11.8 Å². The number of benzene rings is 1. The van der Waals surface area contributed by atoms with E-state index in [4.69, 9.17) is 9.47 Å². The van der Waals surface area contributed by atoms with Crippen LogP contribution in [0.4, 0.5) is 10.1 Å². The minimum atomic E-state index is -4.26. The second kappa shape index (κ2) is 6.16. The number of nitrogens with one attached hydrogen (secondary N) is 1. The Balaban J connectivity index is 2.05. The van der Waals surface area contributed by atoms with Crippen molar-refractivity contribution in [1.29, 1.82) is 0 Å². The molecule has 1 aromatic carbocycles. The maximum Gasteiger partial charge on any atom is 0.299 e. The van der Waals surface area contributed by atoms with E-state index in [0.717, 1.165) is 6.07 Å². The first kappa shape index (κ1) is 16.9. The van der Waals surface area contributed by atoms with Gasteiger partial charge in [0.1, 0.15) is 11.4 Å². The number of hydrogen-bond donors (Lipinski definition) is 1. The minimum absolute atomic E-state index is 0.0305. The molecule has 0 saturated carbocycles. The molecular weight excluding hydrogens is 353 g/mol. The predicted molar refractivity (Wildman–Crippen MR) is 85.8 cm³/mol. The monoisotopic (exact) mass is 367 g/mol. The van der Waals surface area contributed by atoms with Crippen molar-refractivity contribution in [2.24, 2.45) is 0 Å². The van der Waals surface area contributed by atoms with Crippen LogP contribution in [0.5, 0.6) is 11.6 Å². The second-order valence-corrected chi connectivity index (χ2v) is 6.57. The zero-order valence-corrected chi connectivity index (χ0v) is 14.3. The number of hydrogen-bond acceptors (Lipinski definition) is 7. The van der Waals surface area contributed by atoms with Crippen LogP contribution in [-0.4, -0.2) is 42.2 Å². The smallest absolute Gasteiger partial charge is 0.299 e. The van der Waals surface area contributed by atoms with E-state index in [2.05, 4.69) is 19.8 Å². The lowest BCUT2D eigenvalue weighted by molar-refractivity contribution is 0.394. The van der Waals surface area contributed by atoms with Crippen LogP contribution in [0.15, 0.2) is 29.6 Å². The van der Waals surface area contributed by atoms with Crippen molar-refractivity contribution >= 4 is 21.5 Å². The fourth-order valence-electron chi connectivity index (χ4n) is 2.15. The Bertz CT molecular complexity index is 1050. The van der Waals surface area contributed by atoms with E-state index in [-0.39, 0.29) is 17.2 Å². The number of para-hydroxylation sites is 1. The molecule has 25 heavy (non-hydrogen) atoms. The highest BCUT2D eigenvalue weighted by atomic mass is 32.2. The number of methoxy groups -OCH3 is 2. The summed E-state index contributed by atoms with van der Waals surface area (Å²) in [5, 5.41) is 3.32. The topological polar surface area (TPSA) is 108 Å². The molecule has 3 aromatic rings. The van der Waals surface area contributed by atoms with E-state index in [1.165, 1.54) is 37.1 Å². The number of anilines is 1. The van der Waals surface area contributed by atoms with Gasteiger partial charge in [0.05, 0.1) is 14.2 Å². The van der Waals surface area contributed by atoms with Gasteiger partial charge in [-0.3, -0.25) is 4.72 Å². The van der Waals surface area contributed by atoms with E-state index in [1.54, 1.807) is 6.92 Å². The molecule has 9 nitrogen and oxygen atoms in total. The summed E-state index contributed by atoms with van der Waals surface area (Å²) >= 11 is 0. The highest BCUT2D eigenvalue weighted by Crippen LogP contribution is 2.29. The maximum absolute atomic E-state index is 14.0. The Morgan fingerprint density at radius 1 is 1.20 bits per heavy atom. The number of sulfonamides is 1. The van der Waals surface area contributed by atoms with Crippen molar-refractivity contribution in [2.75, 3.05) is 18.9 Å². The van der Waals surface area contributed by atoms with Gasteiger partial charge in [-0.05, 0) is 19.1 Å². The number of rotatable bonds is 5. The standard InChI is InChI=1S/C14H14FN5O4S/c1-8-7-20-13(16-12(8)24-3)17-14(18-20)25(21,22)19-11-9(15)5-4-6-10(11)23-2/h4-7,19H,1-3H3. The van der Waals surface area contributed by atoms with Gasteiger partial charge in [0.25, 0.3) is 21.0 Å². The zero-order chi connectivity index (χ0) is 18.2. The number of aromatic nitrogens is 4. The highest BCUT2D eigenvalue weighted by Gasteiger charge is 2.25. The fraction of sp³-hybridized carbons (Fsp3) is 0.214. The number of nitrogens with zero attached hydrogens (tertiary/aromatic N) is 4. The van der Waals surface area contributed by atoms with Crippen molar-refractivity contribution in [3.05, 3.63) is 35.8 Å². The van der Waals surface area contributed by atoms with Crippen LogP contribution in [0.3, 0.4) is 0 Å². The van der Waals surface area contributed by atoms with Crippen LogP contribution in [0, 0.1) is 12.7 Å². The van der Waals surface area contributed by atoms with Crippen molar-refractivity contribution in [3.8, 4) is 11.6 Å². The molecule has 0 atom stereocenters. The minimum Gasteiger partial charge on any atom is -0.494 e. The molecule has 0 bridgehead atoms. The molecule has 0 aliphatic carbocycles. The molecule has 132 valence electrons. The molecule has 2 aromatic heterocycles. The number of halogens is 1. The molecule has 0 radical (unpaired) electrons. The van der Waals surface area contributed by atoms with Gasteiger partial charge in [-0.25, -0.2) is 8.91 Å². The van der Waals surface area contributed by atoms with Crippen molar-refractivity contribution in [1.82, 2.24) is 19.6 Å². The van der Waals surface area contributed by atoms with Crippen LogP contribution in [0.2, 0.25) is 0 Å². The summed E-state index contributed by atoms with van der Waals surface area (Å²) in [6.45, 7) is 1.73. The second-order valence-electron chi connectivity index (χ2n) is 4.99. The molecule has 0 unspecified atom stereocenters. The van der Waals surface area contributed by atoms with Crippen molar-refractivity contribution in [3.63, 3.8) is 0 Å². The van der Waals surface area contributed by atoms with Crippen LogP contribution in [0.25, 0.3) is 5.78 Å². The largest absolute Gasteiger partial charge is 0.494 e. The average molecular weight is 367 g/mol. The lowest BCUT2D eigenvalue weighted by Gasteiger charge is -2.10. The van der Waals surface area contributed by atoms with Gasteiger partial charge in [-0.15, -0.1) is 5.10 Å².